The smallest absolute Gasteiger partial charge is 0.168 e. The minimum Gasteiger partial charge on any atom is -0.504 e. The summed E-state index contributed by atoms with van der Waals surface area (Å²) in [6, 6.07) is 5.99. The van der Waals surface area contributed by atoms with E-state index < -0.39 is 0 Å². The lowest BCUT2D eigenvalue weighted by Crippen LogP contribution is -2.41. The van der Waals surface area contributed by atoms with Crippen LogP contribution in [0.4, 0.5) is 0 Å². The summed E-state index contributed by atoms with van der Waals surface area (Å²) in [5.41, 5.74) is 1.06. The van der Waals surface area contributed by atoms with Crippen molar-refractivity contribution in [1.29, 1.82) is 0 Å². The molecule has 2 aliphatic rings. The fourth-order valence-electron chi connectivity index (χ4n) is 3.16. The van der Waals surface area contributed by atoms with Gasteiger partial charge < -0.3 is 24.6 Å². The van der Waals surface area contributed by atoms with Crippen molar-refractivity contribution in [2.75, 3.05) is 20.3 Å². The zero-order chi connectivity index (χ0) is 14.7. The fourth-order valence-corrected chi connectivity index (χ4v) is 3.16. The third kappa shape index (κ3) is 3.31. The summed E-state index contributed by atoms with van der Waals surface area (Å²) < 4.78 is 16.5. The van der Waals surface area contributed by atoms with Gasteiger partial charge in [-0.2, -0.15) is 0 Å². The zero-order valence-corrected chi connectivity index (χ0v) is 12.4. The first-order valence-electron chi connectivity index (χ1n) is 7.58. The maximum atomic E-state index is 9.78. The second-order valence-corrected chi connectivity index (χ2v) is 5.77. The van der Waals surface area contributed by atoms with Gasteiger partial charge in [0.05, 0.1) is 20.3 Å². The van der Waals surface area contributed by atoms with Crippen molar-refractivity contribution in [3.8, 4) is 11.5 Å². The zero-order valence-electron chi connectivity index (χ0n) is 12.4. The van der Waals surface area contributed by atoms with E-state index in [4.69, 9.17) is 14.2 Å². The molecule has 0 unspecified atom stereocenters. The molecule has 1 aliphatic carbocycles. The van der Waals surface area contributed by atoms with E-state index in [9.17, 15) is 5.11 Å². The minimum absolute atomic E-state index is 0.187. The van der Waals surface area contributed by atoms with Gasteiger partial charge in [0.1, 0.15) is 0 Å². The summed E-state index contributed by atoms with van der Waals surface area (Å²) in [7, 11) is 1.55. The van der Waals surface area contributed by atoms with Gasteiger partial charge in [-0.05, 0) is 30.5 Å². The lowest BCUT2D eigenvalue weighted by molar-refractivity contribution is -0.179. The van der Waals surface area contributed by atoms with Gasteiger partial charge >= 0.3 is 0 Å². The predicted molar refractivity (Wildman–Crippen MR) is 78.4 cm³/mol. The molecule has 1 aromatic rings. The number of phenolic OH excluding ortho intramolecular Hbond substituents is 1. The first kappa shape index (κ1) is 14.6. The van der Waals surface area contributed by atoms with E-state index in [2.05, 4.69) is 5.32 Å². The first-order valence-corrected chi connectivity index (χ1v) is 7.58. The Morgan fingerprint density at radius 1 is 1.29 bits per heavy atom. The van der Waals surface area contributed by atoms with E-state index in [1.807, 2.05) is 6.07 Å². The molecule has 0 bridgehead atoms. The second-order valence-electron chi connectivity index (χ2n) is 5.77. The Hall–Kier alpha value is -1.30. The molecule has 2 fully saturated rings. The van der Waals surface area contributed by atoms with Crippen LogP contribution in [0.2, 0.25) is 0 Å². The predicted octanol–water partition coefficient (Wildman–Crippen LogP) is 2.18. The molecule has 1 aliphatic heterocycles. The number of aromatic hydroxyl groups is 1. The van der Waals surface area contributed by atoms with Gasteiger partial charge in [-0.25, -0.2) is 0 Å². The summed E-state index contributed by atoms with van der Waals surface area (Å²) >= 11 is 0. The van der Waals surface area contributed by atoms with Crippen LogP contribution in [0, 0.1) is 0 Å². The van der Waals surface area contributed by atoms with Crippen molar-refractivity contribution >= 4 is 0 Å². The lowest BCUT2D eigenvalue weighted by atomic mass is 9.90. The summed E-state index contributed by atoms with van der Waals surface area (Å²) in [6.45, 7) is 2.20. The molecule has 2 N–H and O–H groups in total. The Morgan fingerprint density at radius 3 is 2.62 bits per heavy atom. The van der Waals surface area contributed by atoms with E-state index in [0.29, 0.717) is 11.8 Å². The lowest BCUT2D eigenvalue weighted by Gasteiger charge is -2.35. The average Bonchev–Trinajstić information content (AvgIpc) is 2.95. The largest absolute Gasteiger partial charge is 0.504 e. The highest BCUT2D eigenvalue weighted by Crippen LogP contribution is 2.35. The summed E-state index contributed by atoms with van der Waals surface area (Å²) in [5, 5.41) is 13.3. The highest BCUT2D eigenvalue weighted by Gasteiger charge is 2.40. The number of hydrogen-bond acceptors (Lipinski definition) is 5. The first-order chi connectivity index (χ1) is 10.2. The molecule has 1 spiro atoms. The molecule has 0 aromatic heterocycles. The second kappa shape index (κ2) is 6.22. The molecule has 1 aromatic carbocycles. The van der Waals surface area contributed by atoms with Crippen LogP contribution < -0.4 is 10.1 Å². The Morgan fingerprint density at radius 2 is 2.00 bits per heavy atom. The summed E-state index contributed by atoms with van der Waals surface area (Å²) in [5.74, 6) is 0.400. The number of rotatable bonds is 4. The van der Waals surface area contributed by atoms with Crippen LogP contribution in [0.3, 0.4) is 0 Å². The van der Waals surface area contributed by atoms with E-state index >= 15 is 0 Å². The highest BCUT2D eigenvalue weighted by molar-refractivity contribution is 5.41. The quantitative estimate of drug-likeness (QED) is 0.891. The highest BCUT2D eigenvalue weighted by atomic mass is 16.7. The van der Waals surface area contributed by atoms with Crippen LogP contribution in [0.1, 0.15) is 31.2 Å². The van der Waals surface area contributed by atoms with Gasteiger partial charge in [0, 0.05) is 25.4 Å². The SMILES string of the molecule is COc1ccc(CNC2CCC3(CC2)OCCO3)cc1O. The summed E-state index contributed by atoms with van der Waals surface area (Å²) in [4.78, 5) is 0. The maximum Gasteiger partial charge on any atom is 0.168 e. The Balaban J connectivity index is 1.49. The standard InChI is InChI=1S/C16H23NO4/c1-19-15-3-2-12(10-14(15)18)11-17-13-4-6-16(7-5-13)20-8-9-21-16/h2-3,10,13,17-18H,4-9,11H2,1H3. The van der Waals surface area contributed by atoms with Crippen LogP contribution in [0.25, 0.3) is 0 Å². The Labute approximate surface area is 125 Å². The van der Waals surface area contributed by atoms with Crippen molar-refractivity contribution in [1.82, 2.24) is 5.32 Å². The van der Waals surface area contributed by atoms with Crippen molar-refractivity contribution in [3.63, 3.8) is 0 Å². The molecule has 1 heterocycles. The molecular weight excluding hydrogens is 270 g/mol. The molecule has 0 amide bonds. The van der Waals surface area contributed by atoms with Crippen molar-refractivity contribution < 1.29 is 19.3 Å². The van der Waals surface area contributed by atoms with Gasteiger partial charge in [0.25, 0.3) is 0 Å². The molecule has 0 radical (unpaired) electrons. The molecule has 21 heavy (non-hydrogen) atoms. The van der Waals surface area contributed by atoms with Crippen molar-refractivity contribution in [2.24, 2.45) is 0 Å². The van der Waals surface area contributed by atoms with E-state index in [0.717, 1.165) is 51.0 Å². The number of benzene rings is 1. The third-order valence-electron chi connectivity index (χ3n) is 4.40. The number of hydrogen-bond donors (Lipinski definition) is 2. The number of nitrogens with one attached hydrogen (secondary N) is 1. The van der Waals surface area contributed by atoms with Gasteiger partial charge in [0.15, 0.2) is 17.3 Å². The van der Waals surface area contributed by atoms with E-state index in [1.165, 1.54) is 0 Å². The Bertz CT molecular complexity index is 475. The third-order valence-corrected chi connectivity index (χ3v) is 4.40. The van der Waals surface area contributed by atoms with Gasteiger partial charge in [-0.3, -0.25) is 0 Å². The van der Waals surface area contributed by atoms with Crippen molar-refractivity contribution in [2.45, 2.75) is 44.1 Å². The molecule has 116 valence electrons. The number of methoxy groups -OCH3 is 1. The normalized spacial score (nSPS) is 21.8. The van der Waals surface area contributed by atoms with Crippen LogP contribution in [-0.2, 0) is 16.0 Å². The molecule has 5 heteroatoms. The topological polar surface area (TPSA) is 60.0 Å². The maximum absolute atomic E-state index is 9.78. The monoisotopic (exact) mass is 293 g/mol. The van der Waals surface area contributed by atoms with Crippen LogP contribution in [0.15, 0.2) is 18.2 Å². The van der Waals surface area contributed by atoms with Gasteiger partial charge in [-0.1, -0.05) is 6.07 Å². The fraction of sp³-hybridized carbons (Fsp3) is 0.625. The van der Waals surface area contributed by atoms with Gasteiger partial charge in [-0.15, -0.1) is 0 Å². The molecule has 5 nitrogen and oxygen atoms in total. The molecular formula is C16H23NO4. The number of ether oxygens (including phenoxy) is 3. The van der Waals surface area contributed by atoms with Crippen LogP contribution >= 0.6 is 0 Å². The van der Waals surface area contributed by atoms with E-state index in [-0.39, 0.29) is 11.5 Å². The van der Waals surface area contributed by atoms with Crippen LogP contribution in [-0.4, -0.2) is 37.3 Å². The minimum atomic E-state index is -0.295. The molecule has 0 atom stereocenters. The average molecular weight is 293 g/mol. The van der Waals surface area contributed by atoms with Crippen LogP contribution in [0.5, 0.6) is 11.5 Å². The Kier molecular flexibility index (Phi) is 4.33. The molecule has 1 saturated carbocycles. The number of phenols is 1. The molecule has 3 rings (SSSR count). The van der Waals surface area contributed by atoms with Crippen molar-refractivity contribution in [3.05, 3.63) is 23.8 Å². The molecule has 1 saturated heterocycles. The summed E-state index contributed by atoms with van der Waals surface area (Å²) in [6.07, 6.45) is 4.03. The van der Waals surface area contributed by atoms with Gasteiger partial charge in [0.2, 0.25) is 0 Å². The van der Waals surface area contributed by atoms with E-state index in [1.54, 1.807) is 19.2 Å².